The fourth-order valence-corrected chi connectivity index (χ4v) is 6.85. The molecular formula is C45H32N4O. The Hall–Kier alpha value is -6.72. The maximum atomic E-state index is 6.75. The van der Waals surface area contributed by atoms with Gasteiger partial charge in [-0.25, -0.2) is 4.99 Å². The Morgan fingerprint density at radius 2 is 1.18 bits per heavy atom. The van der Waals surface area contributed by atoms with Gasteiger partial charge in [0.2, 0.25) is 0 Å². The minimum atomic E-state index is 0.409. The first kappa shape index (κ1) is 29.4. The number of hydrogen-bond donors (Lipinski definition) is 1. The van der Waals surface area contributed by atoms with E-state index < -0.39 is 0 Å². The molecule has 0 aliphatic carbocycles. The Morgan fingerprint density at radius 1 is 0.520 bits per heavy atom. The molecule has 0 bridgehead atoms. The van der Waals surface area contributed by atoms with Gasteiger partial charge in [0.05, 0.1) is 17.6 Å². The van der Waals surface area contributed by atoms with Crippen molar-refractivity contribution in [3.63, 3.8) is 0 Å². The number of para-hydroxylation sites is 2. The van der Waals surface area contributed by atoms with E-state index in [0.29, 0.717) is 18.2 Å². The van der Waals surface area contributed by atoms with Crippen LogP contribution in [0, 0.1) is 0 Å². The highest BCUT2D eigenvalue weighted by Gasteiger charge is 2.15. The Bertz CT molecular complexity index is 2740. The summed E-state index contributed by atoms with van der Waals surface area (Å²) in [6.07, 6.45) is 0. The van der Waals surface area contributed by atoms with Crippen molar-refractivity contribution >= 4 is 55.4 Å². The van der Waals surface area contributed by atoms with E-state index in [-0.39, 0.29) is 0 Å². The van der Waals surface area contributed by atoms with Crippen LogP contribution in [0.2, 0.25) is 0 Å². The largest absolute Gasteiger partial charge is 0.456 e. The smallest absolute Gasteiger partial charge is 0.157 e. The van der Waals surface area contributed by atoms with Gasteiger partial charge in [-0.3, -0.25) is 4.99 Å². The first-order valence-electron chi connectivity index (χ1n) is 16.7. The van der Waals surface area contributed by atoms with Crippen molar-refractivity contribution < 1.29 is 4.42 Å². The third-order valence-electron chi connectivity index (χ3n) is 9.30. The number of aromatic nitrogens is 1. The molecule has 9 rings (SSSR count). The van der Waals surface area contributed by atoms with Crippen molar-refractivity contribution in [3.8, 4) is 16.8 Å². The zero-order valence-corrected chi connectivity index (χ0v) is 27.2. The number of amidine groups is 2. The lowest BCUT2D eigenvalue weighted by atomic mass is 10.0. The van der Waals surface area contributed by atoms with E-state index in [1.54, 1.807) is 0 Å². The lowest BCUT2D eigenvalue weighted by Gasteiger charge is -2.11. The summed E-state index contributed by atoms with van der Waals surface area (Å²) in [6.45, 7) is 0.511. The Morgan fingerprint density at radius 3 is 2.04 bits per heavy atom. The number of rotatable bonds is 6. The molecule has 50 heavy (non-hydrogen) atoms. The van der Waals surface area contributed by atoms with E-state index in [1.807, 2.05) is 72.8 Å². The molecule has 0 atom stereocenters. The summed E-state index contributed by atoms with van der Waals surface area (Å²) in [6, 6.07) is 58.3. The van der Waals surface area contributed by atoms with Crippen molar-refractivity contribution in [2.45, 2.75) is 6.54 Å². The summed E-state index contributed by atoms with van der Waals surface area (Å²) < 4.78 is 8.52. The normalized spacial score (nSPS) is 12.4. The van der Waals surface area contributed by atoms with Crippen molar-refractivity contribution in [2.24, 2.45) is 15.7 Å². The predicted octanol–water partition coefficient (Wildman–Crippen LogP) is 10.7. The standard InChI is InChI=1S/C45H32N4O/c46-44(48-45(31-14-5-2-6-15-31)47-29-30-12-3-1-4-13-30)34-16-11-17-35(26-34)49-40-20-9-7-18-36(40)39-27-32(23-25-41(39)49)33-22-24-38-37-19-8-10-21-42(37)50-43(38)28-33/h1-28H,29H2,(H2,46,47,48). The van der Waals surface area contributed by atoms with Gasteiger partial charge in [-0.1, -0.05) is 121 Å². The average molecular weight is 645 g/mol. The minimum absolute atomic E-state index is 0.409. The molecule has 0 radical (unpaired) electrons. The maximum absolute atomic E-state index is 6.75. The van der Waals surface area contributed by atoms with Crippen LogP contribution in [0.15, 0.2) is 184 Å². The summed E-state index contributed by atoms with van der Waals surface area (Å²) in [5, 5.41) is 4.62. The topological polar surface area (TPSA) is 68.8 Å². The lowest BCUT2D eigenvalue weighted by molar-refractivity contribution is 0.669. The monoisotopic (exact) mass is 644 g/mol. The van der Waals surface area contributed by atoms with E-state index in [1.165, 1.54) is 10.8 Å². The van der Waals surface area contributed by atoms with Crippen molar-refractivity contribution in [1.29, 1.82) is 0 Å². The molecule has 238 valence electrons. The van der Waals surface area contributed by atoms with Gasteiger partial charge in [0.1, 0.15) is 17.0 Å². The SMILES string of the molecule is NC(=NC(=NCc1ccccc1)c1ccccc1)c1cccc(-n2c3ccccc3c3cc(-c4ccc5c(c4)oc4ccccc45)ccc32)c1. The highest BCUT2D eigenvalue weighted by Crippen LogP contribution is 2.37. The number of fused-ring (bicyclic) bond motifs is 6. The van der Waals surface area contributed by atoms with Crippen LogP contribution >= 0.6 is 0 Å². The third-order valence-corrected chi connectivity index (χ3v) is 9.30. The molecule has 9 aromatic rings. The first-order valence-corrected chi connectivity index (χ1v) is 16.7. The van der Waals surface area contributed by atoms with Crippen LogP contribution in [0.4, 0.5) is 0 Å². The molecule has 5 nitrogen and oxygen atoms in total. The highest BCUT2D eigenvalue weighted by molar-refractivity contribution is 6.13. The van der Waals surface area contributed by atoms with Crippen LogP contribution in [-0.4, -0.2) is 16.2 Å². The van der Waals surface area contributed by atoms with Crippen molar-refractivity contribution in [1.82, 2.24) is 4.57 Å². The predicted molar refractivity (Wildman–Crippen MR) is 207 cm³/mol. The first-order chi connectivity index (χ1) is 24.7. The van der Waals surface area contributed by atoms with Gasteiger partial charge >= 0.3 is 0 Å². The summed E-state index contributed by atoms with van der Waals surface area (Å²) in [4.78, 5) is 9.77. The molecule has 0 aliphatic rings. The summed E-state index contributed by atoms with van der Waals surface area (Å²) in [7, 11) is 0. The van der Waals surface area contributed by atoms with Crippen LogP contribution < -0.4 is 5.73 Å². The Balaban J connectivity index is 1.12. The van der Waals surface area contributed by atoms with Crippen LogP contribution in [0.3, 0.4) is 0 Å². The van der Waals surface area contributed by atoms with E-state index >= 15 is 0 Å². The molecule has 0 unspecified atom stereocenters. The second-order valence-corrected chi connectivity index (χ2v) is 12.4. The van der Waals surface area contributed by atoms with Gasteiger partial charge in [0.25, 0.3) is 0 Å². The second kappa shape index (κ2) is 12.4. The summed E-state index contributed by atoms with van der Waals surface area (Å²) >= 11 is 0. The molecule has 5 heteroatoms. The van der Waals surface area contributed by atoms with Gasteiger partial charge in [-0.15, -0.1) is 0 Å². The second-order valence-electron chi connectivity index (χ2n) is 12.4. The van der Waals surface area contributed by atoms with Crippen LogP contribution in [0.5, 0.6) is 0 Å². The van der Waals surface area contributed by atoms with Crippen LogP contribution in [0.1, 0.15) is 16.7 Å². The minimum Gasteiger partial charge on any atom is -0.456 e. The summed E-state index contributed by atoms with van der Waals surface area (Å²) in [5.41, 5.74) is 16.9. The van der Waals surface area contributed by atoms with E-state index in [2.05, 4.69) is 102 Å². The average Bonchev–Trinajstić information content (AvgIpc) is 3.72. The number of nitrogens with two attached hydrogens (primary N) is 1. The number of benzene rings is 7. The quantitative estimate of drug-likeness (QED) is 0.145. The van der Waals surface area contributed by atoms with Gasteiger partial charge < -0.3 is 14.7 Å². The van der Waals surface area contributed by atoms with Gasteiger partial charge in [-0.05, 0) is 65.2 Å². The number of furan rings is 1. The third kappa shape index (κ3) is 5.31. The molecule has 2 N–H and O–H groups in total. The van der Waals surface area contributed by atoms with Crippen LogP contribution in [0.25, 0.3) is 60.6 Å². The number of aliphatic imine (C=N–C) groups is 2. The molecule has 2 aromatic heterocycles. The van der Waals surface area contributed by atoms with Crippen molar-refractivity contribution in [2.75, 3.05) is 0 Å². The molecule has 2 heterocycles. The van der Waals surface area contributed by atoms with Gasteiger partial charge in [0.15, 0.2) is 5.84 Å². The van der Waals surface area contributed by atoms with Gasteiger partial charge in [0, 0.05) is 38.4 Å². The van der Waals surface area contributed by atoms with Crippen LogP contribution in [-0.2, 0) is 6.54 Å². The molecule has 0 spiro atoms. The Kier molecular flexibility index (Phi) is 7.29. The fraction of sp³-hybridized carbons (Fsp3) is 0.0222. The molecular weight excluding hydrogens is 613 g/mol. The maximum Gasteiger partial charge on any atom is 0.157 e. The molecule has 0 amide bonds. The fourth-order valence-electron chi connectivity index (χ4n) is 6.85. The molecule has 0 aliphatic heterocycles. The van der Waals surface area contributed by atoms with Crippen molar-refractivity contribution in [3.05, 3.63) is 187 Å². The summed E-state index contributed by atoms with van der Waals surface area (Å²) in [5.74, 6) is 1.01. The molecule has 0 saturated heterocycles. The molecule has 7 aromatic carbocycles. The lowest BCUT2D eigenvalue weighted by Crippen LogP contribution is -2.17. The van der Waals surface area contributed by atoms with E-state index in [9.17, 15) is 0 Å². The highest BCUT2D eigenvalue weighted by atomic mass is 16.3. The van der Waals surface area contributed by atoms with E-state index in [4.69, 9.17) is 20.1 Å². The molecule has 0 saturated carbocycles. The zero-order valence-electron chi connectivity index (χ0n) is 27.2. The van der Waals surface area contributed by atoms with E-state index in [0.717, 1.165) is 66.5 Å². The van der Waals surface area contributed by atoms with Gasteiger partial charge in [-0.2, -0.15) is 0 Å². The molecule has 0 fully saturated rings. The number of nitrogens with zero attached hydrogens (tertiary/aromatic N) is 3. The zero-order chi connectivity index (χ0) is 33.4. The number of hydrogen-bond acceptors (Lipinski definition) is 2. The Labute approximate surface area is 289 Å².